The van der Waals surface area contributed by atoms with Gasteiger partial charge in [-0.15, -0.1) is 11.3 Å². The van der Waals surface area contributed by atoms with Crippen molar-refractivity contribution in [1.29, 1.82) is 5.26 Å². The van der Waals surface area contributed by atoms with Crippen LogP contribution in [0.25, 0.3) is 10.4 Å². The molecule has 1 aromatic carbocycles. The fraction of sp³-hybridized carbons (Fsp3) is 0.308. The molecule has 3 aliphatic rings. The summed E-state index contributed by atoms with van der Waals surface area (Å²) in [5.41, 5.74) is 4.54. The van der Waals surface area contributed by atoms with E-state index in [-0.39, 0.29) is 11.7 Å². The smallest absolute Gasteiger partial charge is 0.274 e. The average molecular weight is 459 g/mol. The summed E-state index contributed by atoms with van der Waals surface area (Å²) < 4.78 is 13.8. The monoisotopic (exact) mass is 458 g/mol. The number of aliphatic imine (C=N–C) groups is 1. The Kier molecular flexibility index (Phi) is 5.77. The molecule has 5 nitrogen and oxygen atoms in total. The van der Waals surface area contributed by atoms with Gasteiger partial charge in [0.15, 0.2) is 0 Å². The number of aryl methyl sites for hydroxylation is 1. The minimum Gasteiger partial charge on any atom is -0.337 e. The topological polar surface area (TPSA) is 69.3 Å². The molecule has 0 N–H and O–H groups in total. The first kappa shape index (κ1) is 21.5. The number of benzene rings is 1. The normalized spacial score (nSPS) is 16.9. The van der Waals surface area contributed by atoms with Crippen molar-refractivity contribution in [1.82, 2.24) is 9.88 Å². The Balaban J connectivity index is 1.38. The highest BCUT2D eigenvalue weighted by molar-refractivity contribution is 7.15. The van der Waals surface area contributed by atoms with E-state index in [9.17, 15) is 14.4 Å². The van der Waals surface area contributed by atoms with E-state index in [1.807, 2.05) is 24.0 Å². The standard InChI is InChI=1S/C26H23FN4OS/c1-16-30-24(25(33-16)19-4-2-3-18(11-19)13-28)26(32)31(15-17-5-6-17)10-9-20-14-29-23-8-7-21(27)12-22(20)23/h2-4,7,11-12,14,17H,5-6,8-10,15H2,1H3. The van der Waals surface area contributed by atoms with E-state index in [0.29, 0.717) is 43.1 Å². The molecule has 5 rings (SSSR count). The lowest BCUT2D eigenvalue weighted by atomic mass is 9.95. The largest absolute Gasteiger partial charge is 0.337 e. The summed E-state index contributed by atoms with van der Waals surface area (Å²) in [5, 5.41) is 10.1. The van der Waals surface area contributed by atoms with Gasteiger partial charge in [-0.2, -0.15) is 5.26 Å². The number of amides is 1. The van der Waals surface area contributed by atoms with Crippen molar-refractivity contribution in [3.8, 4) is 16.5 Å². The average Bonchev–Trinajstić information content (AvgIpc) is 3.43. The molecular weight excluding hydrogens is 435 g/mol. The van der Waals surface area contributed by atoms with Gasteiger partial charge in [0.2, 0.25) is 0 Å². The number of hydrogen-bond donors (Lipinski definition) is 0. The third-order valence-electron chi connectivity index (χ3n) is 6.11. The van der Waals surface area contributed by atoms with Crippen LogP contribution in [0.5, 0.6) is 0 Å². The summed E-state index contributed by atoms with van der Waals surface area (Å²) >= 11 is 1.47. The van der Waals surface area contributed by atoms with Crippen molar-refractivity contribution < 1.29 is 9.18 Å². The molecule has 0 atom stereocenters. The number of thiazole rings is 1. The van der Waals surface area contributed by atoms with E-state index in [1.165, 1.54) is 23.5 Å². The summed E-state index contributed by atoms with van der Waals surface area (Å²) in [5.74, 6) is 0.203. The van der Waals surface area contributed by atoms with Crippen LogP contribution in [0.15, 0.2) is 64.6 Å². The summed E-state index contributed by atoms with van der Waals surface area (Å²) in [6.07, 6.45) is 8.27. The molecule has 1 saturated carbocycles. The fourth-order valence-electron chi connectivity index (χ4n) is 4.20. The molecule has 1 amide bonds. The zero-order valence-corrected chi connectivity index (χ0v) is 19.2. The zero-order chi connectivity index (χ0) is 22.9. The lowest BCUT2D eigenvalue weighted by Gasteiger charge is -2.23. The van der Waals surface area contributed by atoms with Crippen LogP contribution in [0.1, 0.15) is 46.7 Å². The van der Waals surface area contributed by atoms with Gasteiger partial charge in [0.25, 0.3) is 5.91 Å². The predicted molar refractivity (Wildman–Crippen MR) is 128 cm³/mol. The van der Waals surface area contributed by atoms with E-state index in [2.05, 4.69) is 16.0 Å². The molecule has 0 radical (unpaired) electrons. The van der Waals surface area contributed by atoms with Crippen molar-refractivity contribution in [2.75, 3.05) is 13.1 Å². The van der Waals surface area contributed by atoms with Crippen LogP contribution >= 0.6 is 11.3 Å². The molecule has 166 valence electrons. The maximum absolute atomic E-state index is 13.8. The molecule has 2 aromatic rings. The zero-order valence-electron chi connectivity index (χ0n) is 18.3. The number of fused-ring (bicyclic) bond motifs is 1. The van der Waals surface area contributed by atoms with Crippen LogP contribution in [0.2, 0.25) is 0 Å². The maximum Gasteiger partial charge on any atom is 0.274 e. The van der Waals surface area contributed by atoms with Gasteiger partial charge in [-0.25, -0.2) is 9.37 Å². The van der Waals surface area contributed by atoms with E-state index < -0.39 is 0 Å². The van der Waals surface area contributed by atoms with Gasteiger partial charge in [0.05, 0.1) is 27.2 Å². The van der Waals surface area contributed by atoms with Gasteiger partial charge in [-0.1, -0.05) is 12.1 Å². The van der Waals surface area contributed by atoms with Crippen LogP contribution in [-0.2, 0) is 0 Å². The Morgan fingerprint density at radius 1 is 1.36 bits per heavy atom. The van der Waals surface area contributed by atoms with Gasteiger partial charge in [-0.05, 0) is 67.5 Å². The second-order valence-electron chi connectivity index (χ2n) is 8.63. The first-order valence-corrected chi connectivity index (χ1v) is 11.9. The summed E-state index contributed by atoms with van der Waals surface area (Å²) in [6, 6.07) is 9.46. The minimum absolute atomic E-state index is 0.0907. The highest BCUT2D eigenvalue weighted by Crippen LogP contribution is 2.35. The summed E-state index contributed by atoms with van der Waals surface area (Å²) in [6.45, 7) is 3.12. The second-order valence-corrected chi connectivity index (χ2v) is 9.83. The Hall–Kier alpha value is -3.37. The van der Waals surface area contributed by atoms with Crippen molar-refractivity contribution in [3.05, 3.63) is 75.9 Å². The first-order chi connectivity index (χ1) is 16.0. The molecule has 7 heteroatoms. The minimum atomic E-state index is -0.232. The van der Waals surface area contributed by atoms with Crippen molar-refractivity contribution in [2.45, 2.75) is 32.6 Å². The number of hydrogen-bond acceptors (Lipinski definition) is 5. The van der Waals surface area contributed by atoms with Gasteiger partial charge >= 0.3 is 0 Å². The molecule has 0 bridgehead atoms. The van der Waals surface area contributed by atoms with E-state index in [0.717, 1.165) is 45.1 Å². The van der Waals surface area contributed by atoms with Crippen molar-refractivity contribution in [2.24, 2.45) is 10.9 Å². The van der Waals surface area contributed by atoms with E-state index in [1.54, 1.807) is 18.3 Å². The molecule has 1 fully saturated rings. The third-order valence-corrected chi connectivity index (χ3v) is 7.13. The number of aromatic nitrogens is 1. The van der Waals surface area contributed by atoms with Crippen LogP contribution in [-0.4, -0.2) is 34.6 Å². The van der Waals surface area contributed by atoms with Crippen molar-refractivity contribution in [3.63, 3.8) is 0 Å². The number of halogens is 1. The van der Waals surface area contributed by atoms with E-state index >= 15 is 0 Å². The van der Waals surface area contributed by atoms with Gasteiger partial charge in [0.1, 0.15) is 11.5 Å². The number of nitriles is 1. The lowest BCUT2D eigenvalue weighted by molar-refractivity contribution is 0.0745. The molecule has 0 unspecified atom stereocenters. The van der Waals surface area contributed by atoms with Crippen LogP contribution in [0.4, 0.5) is 4.39 Å². The molecule has 0 saturated heterocycles. The molecule has 2 heterocycles. The number of nitrogens with zero attached hydrogens (tertiary/aromatic N) is 4. The van der Waals surface area contributed by atoms with Gasteiger partial charge < -0.3 is 4.90 Å². The lowest BCUT2D eigenvalue weighted by Crippen LogP contribution is -2.34. The SMILES string of the molecule is Cc1nc(C(=O)N(CCC2=CN=C3CC=C(F)C=C23)CC2CC2)c(-c2cccc(C#N)c2)s1. The Morgan fingerprint density at radius 2 is 2.21 bits per heavy atom. The molecule has 33 heavy (non-hydrogen) atoms. The molecule has 1 aliphatic heterocycles. The van der Waals surface area contributed by atoms with Gasteiger partial charge in [0, 0.05) is 31.3 Å². The highest BCUT2D eigenvalue weighted by atomic mass is 32.1. The Labute approximate surface area is 196 Å². The number of carbonyl (C=O) groups is 1. The summed E-state index contributed by atoms with van der Waals surface area (Å²) in [7, 11) is 0. The molecular formula is C26H23FN4OS. The first-order valence-electron chi connectivity index (χ1n) is 11.1. The molecule has 0 spiro atoms. The predicted octanol–water partition coefficient (Wildman–Crippen LogP) is 5.75. The number of carbonyl (C=O) groups excluding carboxylic acids is 1. The van der Waals surface area contributed by atoms with Crippen LogP contribution in [0.3, 0.4) is 0 Å². The quantitative estimate of drug-likeness (QED) is 0.530. The third kappa shape index (κ3) is 4.57. The highest BCUT2D eigenvalue weighted by Gasteiger charge is 2.31. The Morgan fingerprint density at radius 3 is 3.00 bits per heavy atom. The van der Waals surface area contributed by atoms with E-state index in [4.69, 9.17) is 0 Å². The Bertz CT molecular complexity index is 1290. The number of allylic oxidation sites excluding steroid dienone is 4. The van der Waals surface area contributed by atoms with Crippen LogP contribution in [0, 0.1) is 24.2 Å². The van der Waals surface area contributed by atoms with Gasteiger partial charge in [-0.3, -0.25) is 9.79 Å². The maximum atomic E-state index is 13.8. The second kappa shape index (κ2) is 8.87. The molecule has 1 aromatic heterocycles. The number of rotatable bonds is 7. The fourth-order valence-corrected chi connectivity index (χ4v) is 5.11. The summed E-state index contributed by atoms with van der Waals surface area (Å²) in [4.78, 5) is 25.4. The molecule has 2 aliphatic carbocycles. The van der Waals surface area contributed by atoms with Crippen molar-refractivity contribution >= 4 is 23.0 Å². The van der Waals surface area contributed by atoms with Crippen LogP contribution < -0.4 is 0 Å².